The molecular weight excluding hydrogens is 560 g/mol. The predicted molar refractivity (Wildman–Crippen MR) is 157 cm³/mol. The van der Waals surface area contributed by atoms with Crippen LogP contribution >= 0.6 is 0 Å². The average molecular weight is 593 g/mol. The molecule has 0 amide bonds. The van der Waals surface area contributed by atoms with Gasteiger partial charge in [-0.15, -0.1) is 0 Å². The topological polar surface area (TPSA) is 167 Å². The fraction of sp³-hybridized carbons (Fsp3) is 0.258. The monoisotopic (exact) mass is 592 g/mol. The minimum absolute atomic E-state index is 0.0264. The molecule has 1 aliphatic heterocycles. The van der Waals surface area contributed by atoms with E-state index in [9.17, 15) is 29.6 Å². The third kappa shape index (κ3) is 7.47. The molecule has 0 fully saturated rings. The summed E-state index contributed by atoms with van der Waals surface area (Å²) in [5.74, 6) is -2.00. The molecule has 3 aromatic rings. The molecule has 43 heavy (non-hydrogen) atoms. The van der Waals surface area contributed by atoms with Gasteiger partial charge in [0.25, 0.3) is 5.69 Å². The third-order valence-corrected chi connectivity index (χ3v) is 6.45. The summed E-state index contributed by atoms with van der Waals surface area (Å²) in [5.41, 5.74) is 2.29. The zero-order valence-electron chi connectivity index (χ0n) is 24.5. The number of esters is 2. The molecule has 0 bridgehead atoms. The third-order valence-electron chi connectivity index (χ3n) is 6.45. The van der Waals surface area contributed by atoms with E-state index in [0.29, 0.717) is 34.7 Å². The van der Waals surface area contributed by atoms with E-state index in [1.165, 1.54) is 50.6 Å². The molecule has 2 heterocycles. The lowest BCUT2D eigenvalue weighted by Gasteiger charge is -2.29. The van der Waals surface area contributed by atoms with Crippen LogP contribution in [0.1, 0.15) is 39.2 Å². The number of phenols is 1. The number of ether oxygens (including phenoxy) is 3. The number of aromatic hydroxyl groups is 1. The lowest BCUT2D eigenvalue weighted by atomic mass is 9.79. The smallest absolute Gasteiger partial charge is 0.336 e. The van der Waals surface area contributed by atoms with E-state index in [1.807, 2.05) is 19.9 Å². The van der Waals surface area contributed by atoms with Gasteiger partial charge < -0.3 is 29.1 Å². The fourth-order valence-electron chi connectivity index (χ4n) is 4.46. The van der Waals surface area contributed by atoms with Gasteiger partial charge in [-0.05, 0) is 45.9 Å². The second kappa shape index (κ2) is 14.0. The van der Waals surface area contributed by atoms with E-state index in [0.717, 1.165) is 5.57 Å². The highest BCUT2D eigenvalue weighted by atomic mass is 16.6. The minimum Gasteiger partial charge on any atom is -0.504 e. The molecule has 0 aliphatic carbocycles. The maximum atomic E-state index is 12.3. The Morgan fingerprint density at radius 3 is 2.19 bits per heavy atom. The van der Waals surface area contributed by atoms with Crippen LogP contribution in [0.2, 0.25) is 0 Å². The van der Waals surface area contributed by atoms with Crippen molar-refractivity contribution in [2.75, 3.05) is 20.8 Å². The number of nitro benzene ring substituents is 1. The lowest BCUT2D eigenvalue weighted by molar-refractivity contribution is -0.385. The first-order valence-corrected chi connectivity index (χ1v) is 13.0. The van der Waals surface area contributed by atoms with Gasteiger partial charge in [-0.25, -0.2) is 14.4 Å². The Labute approximate surface area is 247 Å². The second-order valence-electron chi connectivity index (χ2n) is 9.64. The molecule has 4 rings (SSSR count). The number of fused-ring (bicyclic) bond motifs is 1. The van der Waals surface area contributed by atoms with Crippen LogP contribution in [0.4, 0.5) is 5.69 Å². The molecule has 226 valence electrons. The second-order valence-corrected chi connectivity index (χ2v) is 9.64. The largest absolute Gasteiger partial charge is 0.504 e. The Balaban J connectivity index is 0.000000248. The van der Waals surface area contributed by atoms with Gasteiger partial charge in [-0.1, -0.05) is 23.8 Å². The number of hydrogen-bond acceptors (Lipinski definition) is 11. The van der Waals surface area contributed by atoms with Gasteiger partial charge in [0, 0.05) is 40.5 Å². The van der Waals surface area contributed by atoms with Gasteiger partial charge in [0.2, 0.25) is 0 Å². The summed E-state index contributed by atoms with van der Waals surface area (Å²) in [6, 6.07) is 11.9. The SMILES string of the molecule is CC(C)=CCOc1cc2oc(=O)ccc2cc1O.COC(=O)C1=C(C)NC(C)=C(C(=O)OC)C1c1ccccc1[N+](=O)[O-]. The zero-order chi connectivity index (χ0) is 31.8. The van der Waals surface area contributed by atoms with E-state index < -0.39 is 28.4 Å². The van der Waals surface area contributed by atoms with Gasteiger partial charge in [-0.2, -0.15) is 0 Å². The number of phenolic OH excluding ortho intramolecular Hbond substituents is 1. The Bertz CT molecular complexity index is 1670. The van der Waals surface area contributed by atoms with Crippen LogP contribution in [0, 0.1) is 10.1 Å². The van der Waals surface area contributed by atoms with Crippen LogP contribution in [-0.2, 0) is 19.1 Å². The molecule has 1 aromatic heterocycles. The van der Waals surface area contributed by atoms with Crippen LogP contribution in [0.3, 0.4) is 0 Å². The van der Waals surface area contributed by atoms with Crippen molar-refractivity contribution in [3.63, 3.8) is 0 Å². The van der Waals surface area contributed by atoms with Crippen molar-refractivity contribution in [3.05, 3.63) is 109 Å². The summed E-state index contributed by atoms with van der Waals surface area (Å²) in [4.78, 5) is 46.7. The standard InChI is InChI=1S/C17H18N2O6.C14H14O4/c1-9-13(16(20)24-3)15(14(10(2)18-9)17(21)25-4)11-7-5-6-8-12(11)19(22)23;1-9(2)5-6-17-13-8-12-10(7-11(13)15)3-4-14(16)18-12/h5-8,15,18H,1-4H3;3-5,7-8,15H,6H2,1-2H3. The van der Waals surface area contributed by atoms with Crippen LogP contribution < -0.4 is 15.7 Å². The van der Waals surface area contributed by atoms with Crippen molar-refractivity contribution in [2.45, 2.75) is 33.6 Å². The number of allylic oxidation sites excluding steroid dienone is 3. The number of nitrogens with zero attached hydrogens (tertiary/aromatic N) is 1. The molecule has 12 nitrogen and oxygen atoms in total. The maximum absolute atomic E-state index is 12.3. The predicted octanol–water partition coefficient (Wildman–Crippen LogP) is 5.02. The Hall–Kier alpha value is -5.39. The fourth-order valence-corrected chi connectivity index (χ4v) is 4.46. The first-order valence-electron chi connectivity index (χ1n) is 13.0. The Morgan fingerprint density at radius 2 is 1.63 bits per heavy atom. The summed E-state index contributed by atoms with van der Waals surface area (Å²) in [6.07, 6.45) is 1.89. The number of carbonyl (C=O) groups is 2. The van der Waals surface area contributed by atoms with Crippen LogP contribution in [0.15, 0.2) is 91.9 Å². The first kappa shape index (κ1) is 32.1. The van der Waals surface area contributed by atoms with Crippen molar-refractivity contribution >= 4 is 28.6 Å². The highest BCUT2D eigenvalue weighted by Gasteiger charge is 2.40. The molecule has 0 radical (unpaired) electrons. The van der Waals surface area contributed by atoms with Crippen LogP contribution in [0.5, 0.6) is 11.5 Å². The number of nitrogens with one attached hydrogen (secondary N) is 1. The van der Waals surface area contributed by atoms with E-state index in [2.05, 4.69) is 5.32 Å². The van der Waals surface area contributed by atoms with E-state index in [1.54, 1.807) is 26.0 Å². The average Bonchev–Trinajstić information content (AvgIpc) is 2.96. The van der Waals surface area contributed by atoms with E-state index in [-0.39, 0.29) is 28.1 Å². The molecule has 2 aromatic carbocycles. The minimum atomic E-state index is -0.970. The van der Waals surface area contributed by atoms with Gasteiger partial charge in [0.15, 0.2) is 11.5 Å². The van der Waals surface area contributed by atoms with Gasteiger partial charge in [0.05, 0.1) is 36.2 Å². The van der Waals surface area contributed by atoms with E-state index in [4.69, 9.17) is 18.6 Å². The first-order chi connectivity index (χ1) is 20.4. The normalized spacial score (nSPS) is 13.0. The molecule has 0 saturated heterocycles. The van der Waals surface area contributed by atoms with Crippen molar-refractivity contribution in [3.8, 4) is 11.5 Å². The number of benzene rings is 2. The molecule has 0 saturated carbocycles. The Kier molecular flexibility index (Phi) is 10.5. The number of para-hydroxylation sites is 1. The van der Waals surface area contributed by atoms with Gasteiger partial charge in [-0.3, -0.25) is 10.1 Å². The van der Waals surface area contributed by atoms with E-state index >= 15 is 0 Å². The quantitative estimate of drug-likeness (QED) is 0.124. The van der Waals surface area contributed by atoms with Crippen molar-refractivity contribution in [1.29, 1.82) is 0 Å². The number of methoxy groups -OCH3 is 2. The number of rotatable bonds is 7. The lowest BCUT2D eigenvalue weighted by Crippen LogP contribution is -2.32. The number of hydrogen-bond donors (Lipinski definition) is 2. The van der Waals surface area contributed by atoms with Crippen molar-refractivity contribution in [2.24, 2.45) is 0 Å². The van der Waals surface area contributed by atoms with Crippen molar-refractivity contribution < 1.29 is 38.2 Å². The highest BCUT2D eigenvalue weighted by Crippen LogP contribution is 2.42. The maximum Gasteiger partial charge on any atom is 0.336 e. The summed E-state index contributed by atoms with van der Waals surface area (Å²) >= 11 is 0. The molecular formula is C31H32N2O10. The summed E-state index contributed by atoms with van der Waals surface area (Å²) in [6.45, 7) is 7.57. The van der Waals surface area contributed by atoms with Crippen molar-refractivity contribution in [1.82, 2.24) is 5.32 Å². The molecule has 0 spiro atoms. The summed E-state index contributed by atoms with van der Waals surface area (Å²) in [5, 5.41) is 24.8. The van der Waals surface area contributed by atoms with Gasteiger partial charge >= 0.3 is 17.6 Å². The molecule has 0 atom stereocenters. The number of nitro groups is 1. The molecule has 1 aliphatic rings. The number of dihydropyridines is 1. The van der Waals surface area contributed by atoms with Crippen LogP contribution in [-0.4, -0.2) is 42.8 Å². The highest BCUT2D eigenvalue weighted by molar-refractivity contribution is 6.00. The van der Waals surface area contributed by atoms with Crippen LogP contribution in [0.25, 0.3) is 11.0 Å². The molecule has 12 heteroatoms. The zero-order valence-corrected chi connectivity index (χ0v) is 24.5. The summed E-state index contributed by atoms with van der Waals surface area (Å²) in [7, 11) is 2.42. The van der Waals surface area contributed by atoms with Gasteiger partial charge in [0.1, 0.15) is 12.2 Å². The molecule has 0 unspecified atom stereocenters. The number of carbonyl (C=O) groups excluding carboxylic acids is 2. The molecule has 2 N–H and O–H groups in total. The summed E-state index contributed by atoms with van der Waals surface area (Å²) < 4.78 is 20.1. The Morgan fingerprint density at radius 1 is 1.02 bits per heavy atom.